The number of aliphatic imine (C=N–C) groups is 1. The van der Waals surface area contributed by atoms with Crippen molar-refractivity contribution in [3.05, 3.63) is 53.6 Å². The number of guanidine groups is 1. The minimum atomic E-state index is -0.831. The highest BCUT2D eigenvalue weighted by Gasteiger charge is 2.45. The van der Waals surface area contributed by atoms with Gasteiger partial charge in [-0.05, 0) is 105 Å². The number of ether oxygens (including phenoxy) is 3. The van der Waals surface area contributed by atoms with Crippen LogP contribution in [0.3, 0.4) is 0 Å². The number of allylic oxidation sites excluding steroid dienone is 2. The van der Waals surface area contributed by atoms with Gasteiger partial charge in [-0.3, -0.25) is 9.79 Å². The van der Waals surface area contributed by atoms with Crippen molar-refractivity contribution >= 4 is 17.4 Å². The number of aliphatic hydroxyl groups excluding tert-OH is 1. The summed E-state index contributed by atoms with van der Waals surface area (Å²) in [6.45, 7) is 2.77. The normalized spacial score (nSPS) is 21.3. The molecule has 11 nitrogen and oxygen atoms in total. The number of anilines is 1. The number of phenolic OH excluding ortho intramolecular Hbond substituents is 2. The first kappa shape index (κ1) is 41.0. The van der Waals surface area contributed by atoms with E-state index in [9.17, 15) is 20.1 Å². The lowest BCUT2D eigenvalue weighted by Gasteiger charge is -2.38. The fourth-order valence-electron chi connectivity index (χ4n) is 8.39. The fraction of sp³-hybridized carbons (Fsp3) is 0.610. The third-order valence-electron chi connectivity index (χ3n) is 11.2. The van der Waals surface area contributed by atoms with E-state index in [2.05, 4.69) is 28.6 Å². The molecule has 2 aromatic rings. The van der Waals surface area contributed by atoms with Crippen LogP contribution in [0.5, 0.6) is 23.0 Å². The first-order chi connectivity index (χ1) is 25.0. The summed E-state index contributed by atoms with van der Waals surface area (Å²) in [5.74, 6) is 1.34. The van der Waals surface area contributed by atoms with Crippen LogP contribution in [-0.2, 0) is 21.4 Å². The Morgan fingerprint density at radius 3 is 2.56 bits per heavy atom. The van der Waals surface area contributed by atoms with Gasteiger partial charge in [-0.25, -0.2) is 0 Å². The van der Waals surface area contributed by atoms with Crippen molar-refractivity contribution in [3.8, 4) is 23.0 Å². The molecule has 2 aromatic carbocycles. The van der Waals surface area contributed by atoms with Gasteiger partial charge in [0.05, 0.1) is 12.8 Å². The number of aliphatic hydroxyl groups is 1. The molecule has 2 fully saturated rings. The van der Waals surface area contributed by atoms with Crippen LogP contribution in [0, 0.1) is 11.8 Å². The predicted molar refractivity (Wildman–Crippen MR) is 206 cm³/mol. The van der Waals surface area contributed by atoms with Gasteiger partial charge in [0.1, 0.15) is 5.60 Å². The Hall–Kier alpha value is -3.80. The highest BCUT2D eigenvalue weighted by molar-refractivity contribution is 5.94. The number of ketones is 1. The first-order valence-electron chi connectivity index (χ1n) is 19.0. The van der Waals surface area contributed by atoms with E-state index in [0.29, 0.717) is 49.4 Å². The van der Waals surface area contributed by atoms with E-state index < -0.39 is 11.9 Å². The summed E-state index contributed by atoms with van der Waals surface area (Å²) >= 11 is 0. The lowest BCUT2D eigenvalue weighted by atomic mass is 9.66. The molecule has 0 aromatic heterocycles. The number of nitrogens with two attached hydrogens (primary N) is 1. The number of benzene rings is 2. The van der Waals surface area contributed by atoms with Crippen LogP contribution >= 0.6 is 0 Å². The Morgan fingerprint density at radius 2 is 1.88 bits per heavy atom. The molecule has 2 saturated carbocycles. The standard InChI is InChI=1S/C41H62N4O7/c1-6-7-8-11-30(14-16-32(46)15-12-28-13-17-34(47)35(22-28)50-4)41(19-9-10-20-41)31-24-33(45-39(42)44-3)38(49)36(25-31)52-40(27-43-2)21-18-29(26-40)23-37(48)51-5/h13-14,16-17,22,24-25,29-30,37,43,47-49H,6-12,15,18-21,23,26-27H2,1-5H3,(H3,42,44,45)/b16-14+/t29-,30-,37-,40-/m1/s1. The number of nitrogens with one attached hydrogen (secondary N) is 2. The zero-order valence-electron chi connectivity index (χ0n) is 31.9. The number of phenols is 2. The quantitative estimate of drug-likeness (QED) is 0.0216. The molecule has 7 N–H and O–H groups in total. The first-order valence-corrected chi connectivity index (χ1v) is 19.0. The molecule has 52 heavy (non-hydrogen) atoms. The van der Waals surface area contributed by atoms with Gasteiger partial charge in [0.2, 0.25) is 0 Å². The van der Waals surface area contributed by atoms with Crippen LogP contribution in [0.1, 0.15) is 102 Å². The second-order valence-electron chi connectivity index (χ2n) is 14.8. The second kappa shape index (κ2) is 19.3. The molecule has 0 unspecified atom stereocenters. The molecule has 0 bridgehead atoms. The molecule has 0 radical (unpaired) electrons. The number of carbonyl (C=O) groups excluding carboxylic acids is 1. The number of unbranched alkanes of at least 4 members (excludes halogenated alkanes) is 2. The monoisotopic (exact) mass is 722 g/mol. The van der Waals surface area contributed by atoms with Gasteiger partial charge in [0.25, 0.3) is 0 Å². The minimum Gasteiger partial charge on any atom is -0.504 e. The van der Waals surface area contributed by atoms with E-state index in [4.69, 9.17) is 19.9 Å². The summed E-state index contributed by atoms with van der Waals surface area (Å²) in [6.07, 6.45) is 14.9. The number of rotatable bonds is 20. The van der Waals surface area contributed by atoms with E-state index in [1.165, 1.54) is 14.2 Å². The highest BCUT2D eigenvalue weighted by Crippen LogP contribution is 2.53. The zero-order valence-corrected chi connectivity index (χ0v) is 31.9. The van der Waals surface area contributed by atoms with Gasteiger partial charge >= 0.3 is 0 Å². The summed E-state index contributed by atoms with van der Waals surface area (Å²) in [5.41, 5.74) is 7.69. The third-order valence-corrected chi connectivity index (χ3v) is 11.2. The molecule has 11 heteroatoms. The Balaban J connectivity index is 1.70. The fourth-order valence-corrected chi connectivity index (χ4v) is 8.39. The summed E-state index contributed by atoms with van der Waals surface area (Å²) in [5, 5.41) is 38.3. The van der Waals surface area contributed by atoms with Crippen LogP contribution in [0.4, 0.5) is 5.69 Å². The highest BCUT2D eigenvalue weighted by atomic mass is 16.6. The van der Waals surface area contributed by atoms with Crippen LogP contribution in [0.2, 0.25) is 0 Å². The molecule has 0 saturated heterocycles. The number of likely N-dealkylation sites (N-methyl/N-ethyl adjacent to an activating group) is 1. The van der Waals surface area contributed by atoms with Crippen molar-refractivity contribution in [2.24, 2.45) is 22.6 Å². The number of methoxy groups -OCH3 is 2. The molecule has 0 heterocycles. The Kier molecular flexibility index (Phi) is 15.2. The summed E-state index contributed by atoms with van der Waals surface area (Å²) < 4.78 is 17.3. The van der Waals surface area contributed by atoms with Gasteiger partial charge in [0.15, 0.2) is 41.0 Å². The lowest BCUT2D eigenvalue weighted by Crippen LogP contribution is -2.43. The Bertz CT molecular complexity index is 1520. The maximum absolute atomic E-state index is 13.4. The van der Waals surface area contributed by atoms with Crippen molar-refractivity contribution in [2.75, 3.05) is 40.2 Å². The van der Waals surface area contributed by atoms with Crippen LogP contribution in [-0.4, -0.2) is 73.8 Å². The Morgan fingerprint density at radius 1 is 1.12 bits per heavy atom. The second-order valence-corrected chi connectivity index (χ2v) is 14.8. The number of carbonyl (C=O) groups is 1. The average molecular weight is 723 g/mol. The third kappa shape index (κ3) is 10.4. The molecule has 4 rings (SSSR count). The molecule has 0 aliphatic heterocycles. The van der Waals surface area contributed by atoms with Gasteiger partial charge < -0.3 is 45.9 Å². The zero-order chi connectivity index (χ0) is 37.7. The summed E-state index contributed by atoms with van der Waals surface area (Å²) in [6, 6.07) is 9.19. The number of hydrogen-bond acceptors (Lipinski definition) is 9. The maximum Gasteiger partial charge on any atom is 0.192 e. The lowest BCUT2D eigenvalue weighted by molar-refractivity contribution is -0.114. The number of hydrogen-bond donors (Lipinski definition) is 6. The van der Waals surface area contributed by atoms with E-state index >= 15 is 0 Å². The van der Waals surface area contributed by atoms with Gasteiger partial charge in [-0.15, -0.1) is 0 Å². The molecule has 288 valence electrons. The SMILES string of the molecule is CCCCC[C@H](/C=C/C(=O)CCc1ccc(O)c(OC)c1)C1(c2cc(NC(N)=NC)c(O)c(O[C@]3(CNC)CC[C@H](C[C@H](O)OC)C3)c2)CCCC1. The Labute approximate surface area is 310 Å². The van der Waals surface area contributed by atoms with Crippen molar-refractivity contribution in [1.29, 1.82) is 0 Å². The van der Waals surface area contributed by atoms with Gasteiger partial charge in [-0.2, -0.15) is 0 Å². The minimum absolute atomic E-state index is 0.0292. The summed E-state index contributed by atoms with van der Waals surface area (Å²) in [7, 11) is 6.51. The van der Waals surface area contributed by atoms with Crippen molar-refractivity contribution in [1.82, 2.24) is 5.32 Å². The number of aryl methyl sites for hydroxylation is 1. The van der Waals surface area contributed by atoms with Crippen molar-refractivity contribution < 1.29 is 34.3 Å². The average Bonchev–Trinajstić information content (AvgIpc) is 3.79. The van der Waals surface area contributed by atoms with E-state index in [1.807, 2.05) is 25.2 Å². The predicted octanol–water partition coefficient (Wildman–Crippen LogP) is 6.72. The van der Waals surface area contributed by atoms with E-state index in [1.54, 1.807) is 25.3 Å². The van der Waals surface area contributed by atoms with Gasteiger partial charge in [0, 0.05) is 39.0 Å². The van der Waals surface area contributed by atoms with Crippen LogP contribution in [0.25, 0.3) is 0 Å². The van der Waals surface area contributed by atoms with Crippen LogP contribution in [0.15, 0.2) is 47.5 Å². The molecule has 2 aliphatic rings. The molecule has 0 amide bonds. The van der Waals surface area contributed by atoms with Crippen molar-refractivity contribution in [3.63, 3.8) is 0 Å². The largest absolute Gasteiger partial charge is 0.504 e. The molecule has 4 atom stereocenters. The molecular weight excluding hydrogens is 660 g/mol. The molecular formula is C41H62N4O7. The van der Waals surface area contributed by atoms with Gasteiger partial charge in [-0.1, -0.05) is 51.2 Å². The van der Waals surface area contributed by atoms with E-state index in [0.717, 1.165) is 75.3 Å². The maximum atomic E-state index is 13.4. The number of aromatic hydroxyl groups is 2. The van der Waals surface area contributed by atoms with E-state index in [-0.39, 0.29) is 40.5 Å². The van der Waals surface area contributed by atoms with Crippen LogP contribution < -0.4 is 25.8 Å². The molecule has 0 spiro atoms. The summed E-state index contributed by atoms with van der Waals surface area (Å²) in [4.78, 5) is 17.4. The number of nitrogens with zero attached hydrogens (tertiary/aromatic N) is 1. The molecule has 2 aliphatic carbocycles. The van der Waals surface area contributed by atoms with Crippen molar-refractivity contribution in [2.45, 2.75) is 114 Å². The smallest absolute Gasteiger partial charge is 0.192 e. The topological polar surface area (TPSA) is 168 Å².